The van der Waals surface area contributed by atoms with Gasteiger partial charge in [-0.05, 0) is 41.2 Å². The van der Waals surface area contributed by atoms with Crippen molar-refractivity contribution in [3.63, 3.8) is 0 Å². The molecule has 2 aromatic carbocycles. The Balaban J connectivity index is 2.55. The van der Waals surface area contributed by atoms with E-state index in [9.17, 15) is 9.90 Å². The molecule has 25 heavy (non-hydrogen) atoms. The average molecular weight is 340 g/mol. The van der Waals surface area contributed by atoms with Gasteiger partial charge in [0.15, 0.2) is 0 Å². The largest absolute Gasteiger partial charge is 0.507 e. The van der Waals surface area contributed by atoms with Gasteiger partial charge in [-0.15, -0.1) is 0 Å². The summed E-state index contributed by atoms with van der Waals surface area (Å²) in [6, 6.07) is 11.0. The first-order valence-electron chi connectivity index (χ1n) is 8.44. The molecule has 0 aliphatic carbocycles. The second-order valence-corrected chi connectivity index (χ2v) is 8.49. The lowest BCUT2D eigenvalue weighted by molar-refractivity contribution is 0.100. The number of phenolic OH excluding ortho intramolecular Hbond substituents is 1. The molecule has 0 aromatic heterocycles. The van der Waals surface area contributed by atoms with E-state index >= 15 is 0 Å². The molecule has 0 atom stereocenters. The first-order valence-corrected chi connectivity index (χ1v) is 8.44. The van der Waals surface area contributed by atoms with E-state index < -0.39 is 5.91 Å². The summed E-state index contributed by atoms with van der Waals surface area (Å²) in [5.74, 6) is -0.114. The molecule has 4 N–H and O–H groups in total. The van der Waals surface area contributed by atoms with Crippen LogP contribution in [-0.2, 0) is 10.8 Å². The summed E-state index contributed by atoms with van der Waals surface area (Å²) in [4.78, 5) is 11.4. The summed E-state index contributed by atoms with van der Waals surface area (Å²) in [6.07, 6.45) is 0. The van der Waals surface area contributed by atoms with Crippen molar-refractivity contribution in [1.29, 1.82) is 0 Å². The smallest absolute Gasteiger partial charge is 0.248 e. The highest BCUT2D eigenvalue weighted by atomic mass is 16.3. The van der Waals surface area contributed by atoms with Crippen LogP contribution < -0.4 is 11.1 Å². The molecule has 0 unspecified atom stereocenters. The van der Waals surface area contributed by atoms with Crippen molar-refractivity contribution in [2.75, 3.05) is 5.32 Å². The number of hydrogen-bond acceptors (Lipinski definition) is 3. The molecule has 4 nitrogen and oxygen atoms in total. The van der Waals surface area contributed by atoms with Gasteiger partial charge in [0.1, 0.15) is 5.75 Å². The average Bonchev–Trinajstić information content (AvgIpc) is 2.46. The molecule has 2 rings (SSSR count). The topological polar surface area (TPSA) is 75.3 Å². The van der Waals surface area contributed by atoms with Gasteiger partial charge < -0.3 is 16.2 Å². The summed E-state index contributed by atoms with van der Waals surface area (Å²) in [6.45, 7) is 12.5. The van der Waals surface area contributed by atoms with Crippen LogP contribution in [0.1, 0.15) is 63.0 Å². The highest BCUT2D eigenvalue weighted by molar-refractivity contribution is 5.93. The van der Waals surface area contributed by atoms with E-state index in [4.69, 9.17) is 5.73 Å². The van der Waals surface area contributed by atoms with Gasteiger partial charge in [-0.3, -0.25) is 4.79 Å². The van der Waals surface area contributed by atoms with Gasteiger partial charge in [-0.2, -0.15) is 0 Å². The third kappa shape index (κ3) is 4.32. The number of nitrogens with two attached hydrogens (primary N) is 1. The van der Waals surface area contributed by atoms with Gasteiger partial charge in [0.25, 0.3) is 0 Å². The Morgan fingerprint density at radius 3 is 1.88 bits per heavy atom. The molecule has 0 aliphatic heterocycles. The number of carbonyl (C=O) groups is 1. The molecule has 0 aliphatic rings. The summed E-state index contributed by atoms with van der Waals surface area (Å²) in [5, 5.41) is 14.1. The zero-order valence-electron chi connectivity index (χ0n) is 15.9. The van der Waals surface area contributed by atoms with Crippen LogP contribution in [0, 0.1) is 0 Å². The number of anilines is 2. The Morgan fingerprint density at radius 2 is 1.44 bits per heavy atom. The molecule has 0 saturated heterocycles. The van der Waals surface area contributed by atoms with Crippen LogP contribution in [0.2, 0.25) is 0 Å². The van der Waals surface area contributed by atoms with Gasteiger partial charge in [0.05, 0.1) is 0 Å². The summed E-state index contributed by atoms with van der Waals surface area (Å²) >= 11 is 0. The predicted octanol–water partition coefficient (Wildman–Crippen LogP) is 4.83. The van der Waals surface area contributed by atoms with Crippen LogP contribution in [-0.4, -0.2) is 11.0 Å². The van der Waals surface area contributed by atoms with E-state index in [0.29, 0.717) is 11.3 Å². The predicted molar refractivity (Wildman–Crippen MR) is 104 cm³/mol. The summed E-state index contributed by atoms with van der Waals surface area (Å²) < 4.78 is 0. The Bertz CT molecular complexity index is 761. The van der Waals surface area contributed by atoms with Gasteiger partial charge in [-0.1, -0.05) is 47.6 Å². The van der Waals surface area contributed by atoms with Gasteiger partial charge in [0.2, 0.25) is 5.91 Å². The lowest BCUT2D eigenvalue weighted by Gasteiger charge is -2.28. The van der Waals surface area contributed by atoms with Crippen LogP contribution in [0.15, 0.2) is 36.4 Å². The van der Waals surface area contributed by atoms with Gasteiger partial charge >= 0.3 is 0 Å². The van der Waals surface area contributed by atoms with Crippen molar-refractivity contribution >= 4 is 17.3 Å². The number of benzene rings is 2. The molecular formula is C21H28N2O2. The Hall–Kier alpha value is -2.49. The molecular weight excluding hydrogens is 312 g/mol. The van der Waals surface area contributed by atoms with Crippen molar-refractivity contribution in [2.24, 2.45) is 5.73 Å². The monoisotopic (exact) mass is 340 g/mol. The third-order valence-electron chi connectivity index (χ3n) is 4.16. The number of aromatic hydroxyl groups is 1. The minimum absolute atomic E-state index is 0.198. The van der Waals surface area contributed by atoms with Crippen LogP contribution in [0.4, 0.5) is 11.4 Å². The van der Waals surface area contributed by atoms with Crippen LogP contribution >= 0.6 is 0 Å². The number of hydrogen-bond donors (Lipinski definition) is 3. The molecule has 0 saturated carbocycles. The second kappa shape index (κ2) is 6.43. The number of carbonyl (C=O) groups excluding carboxylic acids is 1. The number of phenols is 1. The molecule has 0 bridgehead atoms. The fourth-order valence-electron chi connectivity index (χ4n) is 2.77. The van der Waals surface area contributed by atoms with E-state index in [0.717, 1.165) is 22.5 Å². The minimum atomic E-state index is -0.458. The van der Waals surface area contributed by atoms with Crippen LogP contribution in [0.3, 0.4) is 0 Å². The normalized spacial score (nSPS) is 12.1. The Labute approximate surface area is 150 Å². The Kier molecular flexibility index (Phi) is 4.85. The summed E-state index contributed by atoms with van der Waals surface area (Å²) in [5.41, 5.74) is 8.83. The molecule has 4 heteroatoms. The number of amides is 1. The molecule has 134 valence electrons. The molecule has 0 fully saturated rings. The molecule has 0 heterocycles. The van der Waals surface area contributed by atoms with Crippen molar-refractivity contribution < 1.29 is 9.90 Å². The number of rotatable bonds is 3. The van der Waals surface area contributed by atoms with Crippen LogP contribution in [0.25, 0.3) is 0 Å². The fourth-order valence-corrected chi connectivity index (χ4v) is 2.77. The van der Waals surface area contributed by atoms with Crippen molar-refractivity contribution in [1.82, 2.24) is 0 Å². The highest BCUT2D eigenvalue weighted by Gasteiger charge is 2.26. The lowest BCUT2D eigenvalue weighted by atomic mass is 9.79. The van der Waals surface area contributed by atoms with E-state index in [1.807, 2.05) is 18.2 Å². The number of nitrogens with one attached hydrogen (secondary N) is 1. The SMILES string of the molecule is CC(C)(C)c1cc(Nc2cccc(C(N)=O)c2)cc(C(C)(C)C)c1O. The maximum atomic E-state index is 11.4. The van der Waals surface area contributed by atoms with E-state index in [-0.39, 0.29) is 10.8 Å². The molecule has 0 spiro atoms. The highest BCUT2D eigenvalue weighted by Crippen LogP contribution is 2.41. The van der Waals surface area contributed by atoms with Crippen LogP contribution in [0.5, 0.6) is 5.75 Å². The zero-order valence-corrected chi connectivity index (χ0v) is 15.9. The maximum Gasteiger partial charge on any atom is 0.248 e. The van der Waals surface area contributed by atoms with E-state index in [1.54, 1.807) is 18.2 Å². The standard InChI is InChI=1S/C21H28N2O2/c1-20(2,3)16-11-15(12-17(18(16)24)21(4,5)6)23-14-9-7-8-13(10-14)19(22)25/h7-12,23-24H,1-6H3,(H2,22,25). The fraction of sp³-hybridized carbons (Fsp3) is 0.381. The van der Waals surface area contributed by atoms with Crippen molar-refractivity contribution in [3.05, 3.63) is 53.1 Å². The van der Waals surface area contributed by atoms with Gasteiger partial charge in [0, 0.05) is 28.1 Å². The Morgan fingerprint density at radius 1 is 0.920 bits per heavy atom. The van der Waals surface area contributed by atoms with Gasteiger partial charge in [-0.25, -0.2) is 0 Å². The quantitative estimate of drug-likeness (QED) is 0.701. The number of primary amides is 1. The maximum absolute atomic E-state index is 11.4. The first-order chi connectivity index (χ1) is 11.4. The minimum Gasteiger partial charge on any atom is -0.507 e. The lowest BCUT2D eigenvalue weighted by Crippen LogP contribution is -2.17. The first kappa shape index (κ1) is 18.8. The van der Waals surface area contributed by atoms with E-state index in [2.05, 4.69) is 46.9 Å². The second-order valence-electron chi connectivity index (χ2n) is 8.49. The van der Waals surface area contributed by atoms with Crippen molar-refractivity contribution in [2.45, 2.75) is 52.4 Å². The van der Waals surface area contributed by atoms with E-state index in [1.165, 1.54) is 0 Å². The molecule has 1 amide bonds. The molecule has 0 radical (unpaired) electrons. The van der Waals surface area contributed by atoms with Crippen molar-refractivity contribution in [3.8, 4) is 5.75 Å². The zero-order chi connectivity index (χ0) is 19.0. The molecule has 2 aromatic rings. The summed E-state index contributed by atoms with van der Waals surface area (Å²) in [7, 11) is 0. The third-order valence-corrected chi connectivity index (χ3v) is 4.16.